The van der Waals surface area contributed by atoms with Crippen LogP contribution in [0.15, 0.2) is 58.3 Å². The van der Waals surface area contributed by atoms with Crippen molar-refractivity contribution < 1.29 is 13.2 Å². The van der Waals surface area contributed by atoms with Gasteiger partial charge in [0.1, 0.15) is 0 Å². The quantitative estimate of drug-likeness (QED) is 0.794. The monoisotopic (exact) mass is 430 g/mol. The Kier molecular flexibility index (Phi) is 5.99. The predicted octanol–water partition coefficient (Wildman–Crippen LogP) is 4.07. The van der Waals surface area contributed by atoms with Crippen molar-refractivity contribution >= 4 is 27.7 Å². The van der Waals surface area contributed by atoms with E-state index in [4.69, 9.17) is 0 Å². The summed E-state index contributed by atoms with van der Waals surface area (Å²) in [5.41, 5.74) is 1.63. The van der Waals surface area contributed by atoms with Crippen LogP contribution in [0, 0.1) is 5.92 Å². The molecule has 1 saturated heterocycles. The maximum atomic E-state index is 12.9. The summed E-state index contributed by atoms with van der Waals surface area (Å²) >= 11 is 1.81. The molecule has 2 aliphatic rings. The second-order valence-corrected chi connectivity index (χ2v) is 10.9. The highest BCUT2D eigenvalue weighted by Gasteiger charge is 2.29. The molecular weight excluding hydrogens is 404 g/mol. The van der Waals surface area contributed by atoms with Gasteiger partial charge in [0.05, 0.1) is 10.9 Å². The molecule has 2 aromatic rings. The summed E-state index contributed by atoms with van der Waals surface area (Å²) in [6.07, 6.45) is 2.84. The van der Waals surface area contributed by atoms with Crippen molar-refractivity contribution in [3.8, 4) is 0 Å². The number of hydrogen-bond donors (Lipinski definition) is 1. The Morgan fingerprint density at radius 2 is 1.86 bits per heavy atom. The van der Waals surface area contributed by atoms with Crippen molar-refractivity contribution in [1.82, 2.24) is 9.62 Å². The van der Waals surface area contributed by atoms with Crippen LogP contribution in [0.5, 0.6) is 0 Å². The number of carbonyl (C=O) groups excluding carboxylic acids is 1. The highest BCUT2D eigenvalue weighted by atomic mass is 32.2. The van der Waals surface area contributed by atoms with E-state index in [1.54, 1.807) is 28.6 Å². The molecule has 2 heterocycles. The Balaban J connectivity index is 1.47. The molecule has 7 heteroatoms. The summed E-state index contributed by atoms with van der Waals surface area (Å²) in [6.45, 7) is 3.20. The number of hydrogen-bond acceptors (Lipinski definition) is 4. The van der Waals surface area contributed by atoms with Gasteiger partial charge >= 0.3 is 0 Å². The van der Waals surface area contributed by atoms with E-state index in [0.717, 1.165) is 30.6 Å². The van der Waals surface area contributed by atoms with Crippen LogP contribution in [0.1, 0.15) is 48.1 Å². The van der Waals surface area contributed by atoms with Crippen LogP contribution >= 0.6 is 11.8 Å². The molecule has 0 aliphatic carbocycles. The fourth-order valence-electron chi connectivity index (χ4n) is 4.03. The average molecular weight is 431 g/mol. The van der Waals surface area contributed by atoms with E-state index in [1.807, 2.05) is 23.9 Å². The zero-order chi connectivity index (χ0) is 20.4. The maximum Gasteiger partial charge on any atom is 0.251 e. The van der Waals surface area contributed by atoms with Crippen molar-refractivity contribution in [3.63, 3.8) is 0 Å². The molecule has 0 bridgehead atoms. The molecule has 154 valence electrons. The highest BCUT2D eigenvalue weighted by molar-refractivity contribution is 7.99. The number of nitrogens with zero attached hydrogens (tertiary/aromatic N) is 1. The number of thioether (sulfide) groups is 1. The topological polar surface area (TPSA) is 66.5 Å². The fourth-order valence-corrected chi connectivity index (χ4v) is 6.75. The van der Waals surface area contributed by atoms with E-state index in [2.05, 4.69) is 24.4 Å². The Labute approximate surface area is 176 Å². The Morgan fingerprint density at radius 1 is 1.10 bits per heavy atom. The minimum absolute atomic E-state index is 0.0156. The lowest BCUT2D eigenvalue weighted by molar-refractivity contribution is 0.0935. The molecule has 2 aromatic carbocycles. The number of rotatable bonds is 4. The molecule has 0 saturated carbocycles. The van der Waals surface area contributed by atoms with Crippen LogP contribution in [0.2, 0.25) is 0 Å². The van der Waals surface area contributed by atoms with Crippen molar-refractivity contribution in [2.45, 2.75) is 42.0 Å². The first-order valence-corrected chi connectivity index (χ1v) is 12.5. The summed E-state index contributed by atoms with van der Waals surface area (Å²) in [7, 11) is -3.51. The number of benzene rings is 2. The lowest BCUT2D eigenvalue weighted by atomic mass is 10.0. The fraction of sp³-hybridized carbons (Fsp3) is 0.409. The van der Waals surface area contributed by atoms with Gasteiger partial charge in [0.2, 0.25) is 10.0 Å². The molecule has 29 heavy (non-hydrogen) atoms. The summed E-state index contributed by atoms with van der Waals surface area (Å²) in [4.78, 5) is 14.2. The second-order valence-electron chi connectivity index (χ2n) is 7.84. The molecule has 0 aromatic heterocycles. The van der Waals surface area contributed by atoms with Crippen LogP contribution in [-0.2, 0) is 10.0 Å². The molecule has 1 fully saturated rings. The number of nitrogens with one attached hydrogen (secondary N) is 1. The van der Waals surface area contributed by atoms with Crippen molar-refractivity contribution in [1.29, 1.82) is 0 Å². The second kappa shape index (κ2) is 8.50. The third kappa shape index (κ3) is 4.37. The van der Waals surface area contributed by atoms with Gasteiger partial charge in [0.25, 0.3) is 5.91 Å². The number of fused-ring (bicyclic) bond motifs is 1. The minimum atomic E-state index is -3.51. The van der Waals surface area contributed by atoms with Gasteiger partial charge in [0, 0.05) is 29.3 Å². The standard InChI is InChI=1S/C22H26N2O3S2/c1-16-5-4-13-24(15-16)29(26,27)18-10-8-17(9-11-18)22(25)23-20-12-14-28-21-7-3-2-6-19(20)21/h2-3,6-11,16,20H,4-5,12-15H2,1H3,(H,23,25). The lowest BCUT2D eigenvalue weighted by Crippen LogP contribution is -2.39. The van der Waals surface area contributed by atoms with Crippen molar-refractivity contribution in [2.75, 3.05) is 18.8 Å². The van der Waals surface area contributed by atoms with E-state index in [-0.39, 0.29) is 16.8 Å². The molecule has 5 nitrogen and oxygen atoms in total. The van der Waals surface area contributed by atoms with Gasteiger partial charge in [-0.15, -0.1) is 11.8 Å². The molecule has 2 aliphatic heterocycles. The molecular formula is C22H26N2O3S2. The summed E-state index contributed by atoms with van der Waals surface area (Å²) in [5.74, 6) is 1.17. The maximum absolute atomic E-state index is 12.9. The van der Waals surface area contributed by atoms with Gasteiger partial charge in [-0.05, 0) is 61.1 Å². The largest absolute Gasteiger partial charge is 0.345 e. The highest BCUT2D eigenvalue weighted by Crippen LogP contribution is 2.36. The molecule has 0 spiro atoms. The van der Waals surface area contributed by atoms with Gasteiger partial charge in [-0.2, -0.15) is 4.31 Å². The van der Waals surface area contributed by atoms with E-state index in [1.165, 1.54) is 4.90 Å². The van der Waals surface area contributed by atoms with Gasteiger partial charge in [0.15, 0.2) is 0 Å². The third-order valence-corrected chi connectivity index (χ3v) is 8.64. The summed E-state index contributed by atoms with van der Waals surface area (Å²) in [5, 5.41) is 3.11. The first kappa shape index (κ1) is 20.4. The van der Waals surface area contributed by atoms with Crippen molar-refractivity contribution in [2.24, 2.45) is 5.92 Å². The van der Waals surface area contributed by atoms with E-state index in [0.29, 0.717) is 24.6 Å². The van der Waals surface area contributed by atoms with Crippen LogP contribution in [0.3, 0.4) is 0 Å². The smallest absolute Gasteiger partial charge is 0.251 e. The lowest BCUT2D eigenvalue weighted by Gasteiger charge is -2.30. The first-order chi connectivity index (χ1) is 13.9. The number of carbonyl (C=O) groups is 1. The van der Waals surface area contributed by atoms with Crippen molar-refractivity contribution in [3.05, 3.63) is 59.7 Å². The van der Waals surface area contributed by atoms with Crippen LogP contribution in [-0.4, -0.2) is 37.5 Å². The minimum Gasteiger partial charge on any atom is -0.345 e. The Bertz CT molecular complexity index is 989. The van der Waals surface area contributed by atoms with E-state index >= 15 is 0 Å². The SMILES string of the molecule is CC1CCCN(S(=O)(=O)c2ccc(C(=O)NC3CCSc4ccccc43)cc2)C1. The van der Waals surface area contributed by atoms with Gasteiger partial charge < -0.3 is 5.32 Å². The summed E-state index contributed by atoms with van der Waals surface area (Å²) < 4.78 is 27.3. The third-order valence-electron chi connectivity index (χ3n) is 5.64. The first-order valence-electron chi connectivity index (χ1n) is 10.1. The van der Waals surface area contributed by atoms with Crippen LogP contribution in [0.4, 0.5) is 0 Å². The Hall–Kier alpha value is -1.83. The molecule has 2 unspecified atom stereocenters. The molecule has 4 rings (SSSR count). The normalized spacial score (nSPS) is 22.7. The van der Waals surface area contributed by atoms with Crippen LogP contribution < -0.4 is 5.32 Å². The molecule has 1 amide bonds. The number of sulfonamides is 1. The molecule has 2 atom stereocenters. The van der Waals surface area contributed by atoms with Gasteiger partial charge in [-0.1, -0.05) is 25.1 Å². The van der Waals surface area contributed by atoms with E-state index in [9.17, 15) is 13.2 Å². The van der Waals surface area contributed by atoms with Crippen LogP contribution in [0.25, 0.3) is 0 Å². The van der Waals surface area contributed by atoms with E-state index < -0.39 is 10.0 Å². The van der Waals surface area contributed by atoms with Gasteiger partial charge in [-0.3, -0.25) is 4.79 Å². The summed E-state index contributed by atoms with van der Waals surface area (Å²) in [6, 6.07) is 14.4. The zero-order valence-electron chi connectivity index (χ0n) is 16.5. The predicted molar refractivity (Wildman–Crippen MR) is 116 cm³/mol. The Morgan fingerprint density at radius 3 is 2.62 bits per heavy atom. The molecule has 0 radical (unpaired) electrons. The molecule has 1 N–H and O–H groups in total. The average Bonchev–Trinajstić information content (AvgIpc) is 2.74. The number of amides is 1. The van der Waals surface area contributed by atoms with Gasteiger partial charge in [-0.25, -0.2) is 8.42 Å². The zero-order valence-corrected chi connectivity index (χ0v) is 18.1. The number of piperidine rings is 1.